The third-order valence-electron chi connectivity index (χ3n) is 2.82. The first-order valence-corrected chi connectivity index (χ1v) is 8.96. The van der Waals surface area contributed by atoms with E-state index < -0.39 is 0 Å². The molecule has 6 heteroatoms. The van der Waals surface area contributed by atoms with Crippen molar-refractivity contribution in [3.05, 3.63) is 48.5 Å². The van der Waals surface area contributed by atoms with Crippen molar-refractivity contribution in [2.75, 3.05) is 0 Å². The molecule has 2 rings (SSSR count). The van der Waals surface area contributed by atoms with E-state index in [0.717, 1.165) is 14.9 Å². The smallest absolute Gasteiger partial charge is 0.143 e. The topological polar surface area (TPSA) is 21.3 Å². The van der Waals surface area contributed by atoms with Gasteiger partial charge in [-0.25, -0.2) is 0 Å². The second-order valence-electron chi connectivity index (χ2n) is 4.89. The Morgan fingerprint density at radius 3 is 2.71 bits per heavy atom. The van der Waals surface area contributed by atoms with E-state index in [9.17, 15) is 0 Å². The Bertz CT molecular complexity index is 616. The molecule has 1 N–H and O–H groups in total. The highest BCUT2D eigenvalue weighted by Gasteiger charge is 2.12. The van der Waals surface area contributed by atoms with Gasteiger partial charge in [-0.05, 0) is 39.5 Å². The lowest BCUT2D eigenvalue weighted by atomic mass is 10.2. The predicted molar refractivity (Wildman–Crippen MR) is 94.8 cm³/mol. The summed E-state index contributed by atoms with van der Waals surface area (Å²) in [5.74, 6) is 0.689. The van der Waals surface area contributed by atoms with Crippen molar-refractivity contribution in [1.82, 2.24) is 5.32 Å². The van der Waals surface area contributed by atoms with Crippen LogP contribution in [-0.4, -0.2) is 6.04 Å². The van der Waals surface area contributed by atoms with Crippen molar-refractivity contribution in [3.8, 4) is 5.75 Å². The summed E-state index contributed by atoms with van der Waals surface area (Å²) in [5, 5.41) is 6.53. The van der Waals surface area contributed by atoms with Crippen molar-refractivity contribution >= 4 is 50.5 Å². The fraction of sp³-hybridized carbons (Fsp3) is 0.333. The number of halogens is 3. The van der Waals surface area contributed by atoms with Gasteiger partial charge in [0.25, 0.3) is 0 Å². The molecule has 1 aromatic carbocycles. The Labute approximate surface area is 147 Å². The first kappa shape index (κ1) is 17.1. The minimum atomic E-state index is 0.377. The van der Waals surface area contributed by atoms with Gasteiger partial charge in [0.05, 0.1) is 9.90 Å². The fourth-order valence-electron chi connectivity index (χ4n) is 1.79. The quantitative estimate of drug-likeness (QED) is 0.642. The van der Waals surface area contributed by atoms with Crippen LogP contribution in [0.25, 0.3) is 0 Å². The molecule has 0 fully saturated rings. The van der Waals surface area contributed by atoms with Gasteiger partial charge < -0.3 is 10.1 Å². The molecule has 0 bridgehead atoms. The highest BCUT2D eigenvalue weighted by Crippen LogP contribution is 2.34. The predicted octanol–water partition coefficient (Wildman–Crippen LogP) is 5.89. The summed E-state index contributed by atoms with van der Waals surface area (Å²) in [6.45, 7) is 5.33. The summed E-state index contributed by atoms with van der Waals surface area (Å²) >= 11 is 17.5. The fourth-order valence-corrected chi connectivity index (χ4v) is 3.75. The first-order chi connectivity index (χ1) is 9.97. The SMILES string of the molecule is CC(C)NCc1cc(Cl)cc(Cl)c1OCc1sccc1Br. The number of nitrogens with one attached hydrogen (secondary N) is 1. The number of rotatable bonds is 6. The highest BCUT2D eigenvalue weighted by molar-refractivity contribution is 9.10. The van der Waals surface area contributed by atoms with Crippen LogP contribution in [0.5, 0.6) is 5.75 Å². The van der Waals surface area contributed by atoms with Gasteiger partial charge in [0.1, 0.15) is 12.4 Å². The Balaban J connectivity index is 2.18. The third-order valence-corrected chi connectivity index (χ3v) is 5.22. The standard InChI is InChI=1S/C15H16BrCl2NOS/c1-9(2)19-7-10-5-11(17)6-13(18)15(10)20-8-14-12(16)3-4-21-14/h3-6,9,19H,7-8H2,1-2H3. The van der Waals surface area contributed by atoms with Gasteiger partial charge in [0.2, 0.25) is 0 Å². The van der Waals surface area contributed by atoms with Gasteiger partial charge in [0.15, 0.2) is 0 Å². The van der Waals surface area contributed by atoms with E-state index in [0.29, 0.717) is 35.0 Å². The first-order valence-electron chi connectivity index (χ1n) is 6.53. The van der Waals surface area contributed by atoms with E-state index >= 15 is 0 Å². The van der Waals surface area contributed by atoms with Crippen LogP contribution in [0.1, 0.15) is 24.3 Å². The molecular formula is C15H16BrCl2NOS. The zero-order chi connectivity index (χ0) is 15.4. The van der Waals surface area contributed by atoms with Crippen LogP contribution in [-0.2, 0) is 13.2 Å². The molecule has 0 unspecified atom stereocenters. The molecule has 2 aromatic rings. The third kappa shape index (κ3) is 4.86. The van der Waals surface area contributed by atoms with Crippen molar-refractivity contribution in [2.45, 2.75) is 33.0 Å². The number of thiophene rings is 1. The van der Waals surface area contributed by atoms with Gasteiger partial charge >= 0.3 is 0 Å². The van der Waals surface area contributed by atoms with Gasteiger partial charge in [-0.1, -0.05) is 37.0 Å². The highest BCUT2D eigenvalue weighted by atomic mass is 79.9. The Kier molecular flexibility index (Phi) is 6.38. The monoisotopic (exact) mass is 407 g/mol. The molecule has 0 aliphatic heterocycles. The van der Waals surface area contributed by atoms with Crippen molar-refractivity contribution in [3.63, 3.8) is 0 Å². The second-order valence-corrected chi connectivity index (χ2v) is 7.59. The molecular weight excluding hydrogens is 393 g/mol. The number of hydrogen-bond acceptors (Lipinski definition) is 3. The lowest BCUT2D eigenvalue weighted by molar-refractivity contribution is 0.305. The molecule has 0 spiro atoms. The summed E-state index contributed by atoms with van der Waals surface area (Å²) < 4.78 is 6.99. The van der Waals surface area contributed by atoms with Crippen LogP contribution < -0.4 is 10.1 Å². The van der Waals surface area contributed by atoms with Crippen LogP contribution >= 0.6 is 50.5 Å². The molecule has 0 aliphatic rings. The van der Waals surface area contributed by atoms with Crippen LogP contribution in [0.2, 0.25) is 10.0 Å². The second kappa shape index (κ2) is 7.84. The van der Waals surface area contributed by atoms with Gasteiger partial charge in [-0.3, -0.25) is 0 Å². The van der Waals surface area contributed by atoms with E-state index in [1.54, 1.807) is 17.4 Å². The molecule has 1 aromatic heterocycles. The molecule has 0 saturated heterocycles. The summed E-state index contributed by atoms with van der Waals surface area (Å²) in [4.78, 5) is 1.13. The molecule has 114 valence electrons. The summed E-state index contributed by atoms with van der Waals surface area (Å²) in [6.07, 6.45) is 0. The molecule has 0 atom stereocenters. The number of hydrogen-bond donors (Lipinski definition) is 1. The van der Waals surface area contributed by atoms with E-state index in [-0.39, 0.29) is 0 Å². The van der Waals surface area contributed by atoms with Crippen LogP contribution in [0, 0.1) is 0 Å². The van der Waals surface area contributed by atoms with E-state index in [2.05, 4.69) is 35.1 Å². The van der Waals surface area contributed by atoms with Gasteiger partial charge in [-0.15, -0.1) is 11.3 Å². The molecule has 0 aliphatic carbocycles. The van der Waals surface area contributed by atoms with E-state index in [4.69, 9.17) is 27.9 Å². The van der Waals surface area contributed by atoms with E-state index in [1.165, 1.54) is 0 Å². The average molecular weight is 409 g/mol. The lowest BCUT2D eigenvalue weighted by Gasteiger charge is -2.15. The Morgan fingerprint density at radius 2 is 2.10 bits per heavy atom. The summed E-state index contributed by atoms with van der Waals surface area (Å²) in [6, 6.07) is 5.98. The van der Waals surface area contributed by atoms with Crippen molar-refractivity contribution in [2.24, 2.45) is 0 Å². The molecule has 21 heavy (non-hydrogen) atoms. The molecule has 0 saturated carbocycles. The zero-order valence-corrected chi connectivity index (χ0v) is 15.7. The van der Waals surface area contributed by atoms with E-state index in [1.807, 2.05) is 17.5 Å². The molecule has 2 nitrogen and oxygen atoms in total. The van der Waals surface area contributed by atoms with Crippen molar-refractivity contribution in [1.29, 1.82) is 0 Å². The Hall–Kier alpha value is -0.260. The minimum Gasteiger partial charge on any atom is -0.486 e. The largest absolute Gasteiger partial charge is 0.486 e. The molecule has 0 radical (unpaired) electrons. The van der Waals surface area contributed by atoms with Gasteiger partial charge in [-0.2, -0.15) is 0 Å². The number of benzene rings is 1. The average Bonchev–Trinajstić information content (AvgIpc) is 2.80. The lowest BCUT2D eigenvalue weighted by Crippen LogP contribution is -2.22. The summed E-state index contributed by atoms with van der Waals surface area (Å²) in [7, 11) is 0. The molecule has 1 heterocycles. The normalized spacial score (nSPS) is 11.1. The van der Waals surface area contributed by atoms with Gasteiger partial charge in [0, 0.05) is 27.6 Å². The maximum Gasteiger partial charge on any atom is 0.143 e. The van der Waals surface area contributed by atoms with Crippen LogP contribution in [0.4, 0.5) is 0 Å². The van der Waals surface area contributed by atoms with Crippen molar-refractivity contribution < 1.29 is 4.74 Å². The minimum absolute atomic E-state index is 0.377. The maximum atomic E-state index is 6.28. The summed E-state index contributed by atoms with van der Waals surface area (Å²) in [5.41, 5.74) is 0.967. The van der Waals surface area contributed by atoms with Crippen LogP contribution in [0.15, 0.2) is 28.1 Å². The number of ether oxygens (including phenoxy) is 1. The zero-order valence-electron chi connectivity index (χ0n) is 11.8. The van der Waals surface area contributed by atoms with Crippen LogP contribution in [0.3, 0.4) is 0 Å². The Morgan fingerprint density at radius 1 is 1.33 bits per heavy atom. The molecule has 0 amide bonds. The maximum absolute atomic E-state index is 6.28.